The van der Waals surface area contributed by atoms with E-state index < -0.39 is 0 Å². The molecule has 0 aliphatic heterocycles. The van der Waals surface area contributed by atoms with Gasteiger partial charge in [0.25, 0.3) is 5.91 Å². The van der Waals surface area contributed by atoms with Crippen LogP contribution in [0.3, 0.4) is 0 Å². The maximum atomic E-state index is 12.4. The van der Waals surface area contributed by atoms with Crippen LogP contribution in [0.1, 0.15) is 5.56 Å². The number of nitrogens with zero attached hydrogens (tertiary/aromatic N) is 4. The monoisotopic (exact) mass is 493 g/mol. The average molecular weight is 494 g/mol. The van der Waals surface area contributed by atoms with Crippen LogP contribution in [0.15, 0.2) is 83.1 Å². The number of carbonyl (C=O) groups excluding carboxylic acids is 1. The van der Waals surface area contributed by atoms with Gasteiger partial charge in [0, 0.05) is 21.8 Å². The van der Waals surface area contributed by atoms with Gasteiger partial charge in [-0.2, -0.15) is 5.10 Å². The fourth-order valence-corrected chi connectivity index (χ4v) is 3.98. The Morgan fingerprint density at radius 2 is 1.88 bits per heavy atom. The Kier molecular flexibility index (Phi) is 7.46. The molecular formula is C24H20ClN5O3S. The Labute approximate surface area is 205 Å². The SMILES string of the molecule is COc1cccc(/C=N/NC(=O)CSc2nnc(-c3ccccc3)n2-c2ccc(Cl)cc2)c1O. The van der Waals surface area contributed by atoms with Crippen molar-refractivity contribution < 1.29 is 14.6 Å². The molecule has 0 atom stereocenters. The highest BCUT2D eigenvalue weighted by Crippen LogP contribution is 2.29. The second-order valence-electron chi connectivity index (χ2n) is 6.96. The van der Waals surface area contributed by atoms with Crippen LogP contribution in [0, 0.1) is 0 Å². The summed E-state index contributed by atoms with van der Waals surface area (Å²) in [6.45, 7) is 0. The fourth-order valence-electron chi connectivity index (χ4n) is 3.10. The second-order valence-corrected chi connectivity index (χ2v) is 8.34. The third-order valence-electron chi connectivity index (χ3n) is 4.73. The molecule has 0 saturated heterocycles. The summed E-state index contributed by atoms with van der Waals surface area (Å²) in [5.41, 5.74) is 4.59. The first-order chi connectivity index (χ1) is 16.6. The van der Waals surface area contributed by atoms with Gasteiger partial charge in [0.05, 0.1) is 19.1 Å². The number of hydrazone groups is 1. The zero-order valence-corrected chi connectivity index (χ0v) is 19.6. The predicted molar refractivity (Wildman–Crippen MR) is 133 cm³/mol. The number of carbonyl (C=O) groups is 1. The van der Waals surface area contributed by atoms with E-state index in [1.54, 1.807) is 30.3 Å². The summed E-state index contributed by atoms with van der Waals surface area (Å²) in [5, 5.41) is 23.8. The Bertz CT molecular complexity index is 1310. The van der Waals surface area contributed by atoms with Crippen LogP contribution in [0.25, 0.3) is 17.1 Å². The quantitative estimate of drug-likeness (QED) is 0.212. The van der Waals surface area contributed by atoms with Crippen molar-refractivity contribution in [2.24, 2.45) is 5.10 Å². The number of amides is 1. The topological polar surface area (TPSA) is 102 Å². The van der Waals surface area contributed by atoms with Crippen molar-refractivity contribution in [3.63, 3.8) is 0 Å². The molecule has 10 heteroatoms. The third kappa shape index (κ3) is 5.38. The molecule has 0 bridgehead atoms. The number of phenols is 1. The summed E-state index contributed by atoms with van der Waals surface area (Å²) in [5.74, 6) is 0.637. The highest BCUT2D eigenvalue weighted by molar-refractivity contribution is 7.99. The molecule has 0 spiro atoms. The minimum Gasteiger partial charge on any atom is -0.504 e. The van der Waals surface area contributed by atoms with E-state index in [-0.39, 0.29) is 17.4 Å². The average Bonchev–Trinajstić information content (AvgIpc) is 3.29. The van der Waals surface area contributed by atoms with Crippen molar-refractivity contribution >= 4 is 35.5 Å². The van der Waals surface area contributed by atoms with Gasteiger partial charge in [-0.05, 0) is 36.4 Å². The minimum absolute atomic E-state index is 0.0538. The molecule has 0 aliphatic carbocycles. The lowest BCUT2D eigenvalue weighted by Crippen LogP contribution is -2.20. The summed E-state index contributed by atoms with van der Waals surface area (Å²) in [6.07, 6.45) is 1.35. The molecule has 0 unspecified atom stereocenters. The highest BCUT2D eigenvalue weighted by Gasteiger charge is 2.17. The zero-order chi connectivity index (χ0) is 23.9. The number of phenolic OH excluding ortho intramolecular Hbond substituents is 1. The number of para-hydroxylation sites is 1. The summed E-state index contributed by atoms with van der Waals surface area (Å²) in [7, 11) is 1.46. The molecule has 3 aromatic carbocycles. The molecule has 0 radical (unpaired) electrons. The van der Waals surface area contributed by atoms with Crippen molar-refractivity contribution in [1.29, 1.82) is 0 Å². The number of benzene rings is 3. The van der Waals surface area contributed by atoms with Gasteiger partial charge >= 0.3 is 0 Å². The van der Waals surface area contributed by atoms with Gasteiger partial charge in [0.2, 0.25) is 0 Å². The van der Waals surface area contributed by atoms with E-state index in [0.717, 1.165) is 11.3 Å². The maximum absolute atomic E-state index is 12.4. The fraction of sp³-hybridized carbons (Fsp3) is 0.0833. The van der Waals surface area contributed by atoms with Gasteiger partial charge in [-0.1, -0.05) is 59.8 Å². The van der Waals surface area contributed by atoms with Crippen LogP contribution >= 0.6 is 23.4 Å². The highest BCUT2D eigenvalue weighted by atomic mass is 35.5. The number of hydrogen-bond donors (Lipinski definition) is 2. The van der Waals surface area contributed by atoms with Gasteiger partial charge in [0.1, 0.15) is 0 Å². The van der Waals surface area contributed by atoms with Gasteiger partial charge in [-0.15, -0.1) is 10.2 Å². The maximum Gasteiger partial charge on any atom is 0.250 e. The summed E-state index contributed by atoms with van der Waals surface area (Å²) in [4.78, 5) is 12.4. The van der Waals surface area contributed by atoms with Crippen molar-refractivity contribution in [2.75, 3.05) is 12.9 Å². The number of nitrogens with one attached hydrogen (secondary N) is 1. The molecule has 172 valence electrons. The molecule has 0 saturated carbocycles. The number of aromatic hydroxyl groups is 1. The van der Waals surface area contributed by atoms with E-state index in [0.29, 0.717) is 27.3 Å². The Morgan fingerprint density at radius 3 is 2.62 bits per heavy atom. The first-order valence-corrected chi connectivity index (χ1v) is 11.5. The normalized spacial score (nSPS) is 11.0. The summed E-state index contributed by atoms with van der Waals surface area (Å²) < 4.78 is 6.94. The molecule has 4 rings (SSSR count). The Morgan fingerprint density at radius 1 is 1.12 bits per heavy atom. The minimum atomic E-state index is -0.337. The number of ether oxygens (including phenoxy) is 1. The first-order valence-electron chi connectivity index (χ1n) is 10.1. The lowest BCUT2D eigenvalue weighted by atomic mass is 10.2. The van der Waals surface area contributed by atoms with Gasteiger partial charge in [-0.25, -0.2) is 5.43 Å². The van der Waals surface area contributed by atoms with Crippen LogP contribution in [0.2, 0.25) is 5.02 Å². The molecule has 2 N–H and O–H groups in total. The number of hydrogen-bond acceptors (Lipinski definition) is 7. The van der Waals surface area contributed by atoms with E-state index in [2.05, 4.69) is 20.7 Å². The van der Waals surface area contributed by atoms with Crippen LogP contribution < -0.4 is 10.2 Å². The first kappa shape index (κ1) is 23.3. The van der Waals surface area contributed by atoms with Gasteiger partial charge in [-0.3, -0.25) is 9.36 Å². The van der Waals surface area contributed by atoms with Crippen LogP contribution in [-0.4, -0.2) is 44.9 Å². The molecule has 0 aliphatic rings. The van der Waals surface area contributed by atoms with Gasteiger partial charge in [0.15, 0.2) is 22.5 Å². The Hall–Kier alpha value is -3.82. The molecule has 1 aromatic heterocycles. The molecule has 34 heavy (non-hydrogen) atoms. The van der Waals surface area contributed by atoms with E-state index in [4.69, 9.17) is 16.3 Å². The zero-order valence-electron chi connectivity index (χ0n) is 18.1. The summed E-state index contributed by atoms with van der Waals surface area (Å²) in [6, 6.07) is 22.0. The van der Waals surface area contributed by atoms with E-state index >= 15 is 0 Å². The number of methoxy groups -OCH3 is 1. The molecule has 8 nitrogen and oxygen atoms in total. The third-order valence-corrected chi connectivity index (χ3v) is 5.91. The van der Waals surface area contributed by atoms with Gasteiger partial charge < -0.3 is 9.84 Å². The van der Waals surface area contributed by atoms with Crippen molar-refractivity contribution in [2.45, 2.75) is 5.16 Å². The van der Waals surface area contributed by atoms with Crippen molar-refractivity contribution in [3.8, 4) is 28.6 Å². The molecule has 1 amide bonds. The number of aromatic nitrogens is 3. The van der Waals surface area contributed by atoms with Crippen molar-refractivity contribution in [1.82, 2.24) is 20.2 Å². The second kappa shape index (κ2) is 10.9. The lowest BCUT2D eigenvalue weighted by molar-refractivity contribution is -0.118. The number of rotatable bonds is 8. The van der Waals surface area contributed by atoms with Crippen LogP contribution in [-0.2, 0) is 4.79 Å². The van der Waals surface area contributed by atoms with E-state index in [9.17, 15) is 9.90 Å². The van der Waals surface area contributed by atoms with E-state index in [1.165, 1.54) is 25.1 Å². The lowest BCUT2D eigenvalue weighted by Gasteiger charge is -2.10. The largest absolute Gasteiger partial charge is 0.504 e. The standard InChI is InChI=1S/C24H20ClN5O3S/c1-33-20-9-5-8-17(22(20)32)14-26-27-21(31)15-34-24-29-28-23(16-6-3-2-4-7-16)30(24)19-12-10-18(25)11-13-19/h2-14,32H,15H2,1H3,(H,27,31)/b26-14+. The molecule has 4 aromatic rings. The molecule has 1 heterocycles. The number of halogens is 1. The predicted octanol–water partition coefficient (Wildman–Crippen LogP) is 4.54. The van der Waals surface area contributed by atoms with E-state index in [1.807, 2.05) is 47.0 Å². The van der Waals surface area contributed by atoms with Crippen molar-refractivity contribution in [3.05, 3.63) is 83.4 Å². The number of thioether (sulfide) groups is 1. The molecular weight excluding hydrogens is 474 g/mol. The smallest absolute Gasteiger partial charge is 0.250 e. The van der Waals surface area contributed by atoms with Crippen LogP contribution in [0.4, 0.5) is 0 Å². The van der Waals surface area contributed by atoms with Crippen LogP contribution in [0.5, 0.6) is 11.5 Å². The summed E-state index contributed by atoms with van der Waals surface area (Å²) >= 11 is 7.28. The Balaban J connectivity index is 1.49. The molecule has 0 fully saturated rings.